The van der Waals surface area contributed by atoms with E-state index < -0.39 is 0 Å². The first-order chi connectivity index (χ1) is 8.13. The van der Waals surface area contributed by atoms with Gasteiger partial charge in [-0.05, 0) is 24.3 Å². The van der Waals surface area contributed by atoms with Crippen molar-refractivity contribution in [3.8, 4) is 0 Å². The van der Waals surface area contributed by atoms with E-state index in [4.69, 9.17) is 21.4 Å². The second kappa shape index (κ2) is 7.53. The molecule has 0 spiro atoms. The summed E-state index contributed by atoms with van der Waals surface area (Å²) in [5, 5.41) is 10.5. The highest BCUT2D eigenvalue weighted by atomic mass is 35.5. The number of rotatable bonds is 6. The van der Waals surface area contributed by atoms with E-state index in [-0.39, 0.29) is 19.3 Å². The molecule has 1 aromatic heterocycles. The van der Waals surface area contributed by atoms with Crippen LogP contribution in [0.3, 0.4) is 0 Å². The topological polar surface area (TPSA) is 49.8 Å². The van der Waals surface area contributed by atoms with Crippen LogP contribution in [0.25, 0.3) is 0 Å². The summed E-state index contributed by atoms with van der Waals surface area (Å²) in [6, 6.07) is 1.78. The lowest BCUT2D eigenvalue weighted by Crippen LogP contribution is -2.28. The molecule has 0 aliphatic carbocycles. The van der Waals surface area contributed by atoms with Gasteiger partial charge in [0.05, 0.1) is 4.34 Å². The Morgan fingerprint density at radius 2 is 2.35 bits per heavy atom. The Kier molecular flexibility index (Phi) is 6.32. The summed E-state index contributed by atoms with van der Waals surface area (Å²) in [6.45, 7) is 0.979. The summed E-state index contributed by atoms with van der Waals surface area (Å²) >= 11 is 7.18. The number of hydrogen-bond acceptors (Lipinski definition) is 4. The van der Waals surface area contributed by atoms with Crippen molar-refractivity contribution in [2.24, 2.45) is 0 Å². The van der Waals surface area contributed by atoms with Gasteiger partial charge in [0, 0.05) is 25.8 Å². The summed E-state index contributed by atoms with van der Waals surface area (Å²) in [5.74, 6) is 0. The Morgan fingerprint density at radius 3 is 2.94 bits per heavy atom. The molecule has 0 aromatic carbocycles. The number of halogens is 1. The lowest BCUT2D eigenvalue weighted by molar-refractivity contribution is 0.104. The van der Waals surface area contributed by atoms with Crippen LogP contribution in [-0.4, -0.2) is 36.3 Å². The Morgan fingerprint density at radius 1 is 1.59 bits per heavy atom. The predicted octanol–water partition coefficient (Wildman–Crippen LogP) is 2.74. The van der Waals surface area contributed by atoms with Gasteiger partial charge >= 0.3 is 6.09 Å². The van der Waals surface area contributed by atoms with Crippen molar-refractivity contribution < 1.29 is 14.6 Å². The molecule has 4 nitrogen and oxygen atoms in total. The molecule has 6 heteroatoms. The minimum Gasteiger partial charge on any atom is -0.445 e. The Bertz CT molecular complexity index is 356. The molecule has 0 saturated heterocycles. The second-order valence-corrected chi connectivity index (χ2v) is 5.21. The van der Waals surface area contributed by atoms with E-state index in [2.05, 4.69) is 0 Å². The number of hydrogen-bond donors (Lipinski definition) is 1. The summed E-state index contributed by atoms with van der Waals surface area (Å²) in [4.78, 5) is 13.0. The van der Waals surface area contributed by atoms with Crippen LogP contribution in [0.15, 0.2) is 11.4 Å². The van der Waals surface area contributed by atoms with Crippen LogP contribution >= 0.6 is 22.9 Å². The van der Waals surface area contributed by atoms with Gasteiger partial charge < -0.3 is 14.7 Å². The van der Waals surface area contributed by atoms with Crippen molar-refractivity contribution in [2.75, 3.05) is 20.2 Å². The molecule has 0 atom stereocenters. The smallest absolute Gasteiger partial charge is 0.409 e. The fourth-order valence-electron chi connectivity index (χ4n) is 1.23. The zero-order valence-electron chi connectivity index (χ0n) is 9.69. The molecular weight excluding hydrogens is 262 g/mol. The lowest BCUT2D eigenvalue weighted by atomic mass is 10.3. The zero-order chi connectivity index (χ0) is 12.7. The molecule has 0 unspecified atom stereocenters. The first-order valence-electron chi connectivity index (χ1n) is 5.35. The largest absolute Gasteiger partial charge is 0.445 e. The van der Waals surface area contributed by atoms with E-state index in [1.165, 1.54) is 16.2 Å². The lowest BCUT2D eigenvalue weighted by Gasteiger charge is -2.16. The van der Waals surface area contributed by atoms with Crippen LogP contribution in [0.5, 0.6) is 0 Å². The molecule has 0 radical (unpaired) electrons. The second-order valence-electron chi connectivity index (χ2n) is 3.67. The highest BCUT2D eigenvalue weighted by molar-refractivity contribution is 7.14. The number of amides is 1. The standard InChI is InChI=1S/C11H16ClNO3S/c1-13(4-2-3-5-14)11(15)16-7-9-6-10(12)17-8-9/h6,8,14H,2-5,7H2,1H3. The van der Waals surface area contributed by atoms with Crippen LogP contribution in [-0.2, 0) is 11.3 Å². The van der Waals surface area contributed by atoms with Crippen molar-refractivity contribution >= 4 is 29.0 Å². The van der Waals surface area contributed by atoms with Gasteiger partial charge in [0.2, 0.25) is 0 Å². The molecule has 0 aliphatic heterocycles. The van der Waals surface area contributed by atoms with E-state index >= 15 is 0 Å². The Balaban J connectivity index is 2.24. The number of ether oxygens (including phenoxy) is 1. The average molecular weight is 278 g/mol. The monoisotopic (exact) mass is 277 g/mol. The Hall–Kier alpha value is -0.780. The molecule has 1 rings (SSSR count). The van der Waals surface area contributed by atoms with Gasteiger partial charge in [0.15, 0.2) is 0 Å². The average Bonchev–Trinajstić information content (AvgIpc) is 2.72. The maximum absolute atomic E-state index is 11.5. The van der Waals surface area contributed by atoms with Crippen molar-refractivity contribution in [2.45, 2.75) is 19.4 Å². The Labute approximate surface area is 110 Å². The minimum atomic E-state index is -0.356. The van der Waals surface area contributed by atoms with Crippen LogP contribution in [0, 0.1) is 0 Å². The van der Waals surface area contributed by atoms with E-state index in [9.17, 15) is 4.79 Å². The predicted molar refractivity (Wildman–Crippen MR) is 68.5 cm³/mol. The SMILES string of the molecule is CN(CCCCO)C(=O)OCc1csc(Cl)c1. The number of nitrogens with zero attached hydrogens (tertiary/aromatic N) is 1. The highest BCUT2D eigenvalue weighted by Crippen LogP contribution is 2.20. The van der Waals surface area contributed by atoms with E-state index in [1.807, 2.05) is 5.38 Å². The third-order valence-electron chi connectivity index (χ3n) is 2.20. The summed E-state index contributed by atoms with van der Waals surface area (Å²) < 4.78 is 5.79. The number of carbonyl (C=O) groups excluding carboxylic acids is 1. The maximum atomic E-state index is 11.5. The van der Waals surface area contributed by atoms with Gasteiger partial charge in [0.25, 0.3) is 0 Å². The van der Waals surface area contributed by atoms with Crippen molar-refractivity contribution in [1.29, 1.82) is 0 Å². The quantitative estimate of drug-likeness (QED) is 0.814. The normalized spacial score (nSPS) is 10.3. The molecule has 1 N–H and O–H groups in total. The number of carbonyl (C=O) groups is 1. The van der Waals surface area contributed by atoms with Crippen LogP contribution in [0.2, 0.25) is 4.34 Å². The van der Waals surface area contributed by atoms with Gasteiger partial charge in [-0.1, -0.05) is 11.6 Å². The van der Waals surface area contributed by atoms with Crippen LogP contribution < -0.4 is 0 Å². The van der Waals surface area contributed by atoms with Gasteiger partial charge in [-0.15, -0.1) is 11.3 Å². The zero-order valence-corrected chi connectivity index (χ0v) is 11.3. The van der Waals surface area contributed by atoms with Crippen molar-refractivity contribution in [3.63, 3.8) is 0 Å². The number of aliphatic hydroxyl groups excluding tert-OH is 1. The highest BCUT2D eigenvalue weighted by Gasteiger charge is 2.09. The third kappa shape index (κ3) is 5.39. The first-order valence-corrected chi connectivity index (χ1v) is 6.61. The fraction of sp³-hybridized carbons (Fsp3) is 0.545. The molecule has 0 saturated carbocycles. The molecule has 96 valence electrons. The molecule has 1 aromatic rings. The van der Waals surface area contributed by atoms with Gasteiger partial charge in [0.1, 0.15) is 6.61 Å². The third-order valence-corrected chi connectivity index (χ3v) is 3.34. The molecule has 0 aliphatic rings. The van der Waals surface area contributed by atoms with Crippen LogP contribution in [0.1, 0.15) is 18.4 Å². The molecule has 1 amide bonds. The number of aliphatic hydroxyl groups is 1. The fourth-order valence-corrected chi connectivity index (χ4v) is 2.12. The minimum absolute atomic E-state index is 0.149. The van der Waals surface area contributed by atoms with E-state index in [0.29, 0.717) is 17.3 Å². The van der Waals surface area contributed by atoms with Gasteiger partial charge in [-0.2, -0.15) is 0 Å². The van der Waals surface area contributed by atoms with E-state index in [0.717, 1.165) is 12.0 Å². The number of unbranched alkanes of at least 4 members (excludes halogenated alkanes) is 1. The maximum Gasteiger partial charge on any atom is 0.409 e. The van der Waals surface area contributed by atoms with Crippen molar-refractivity contribution in [3.05, 3.63) is 21.3 Å². The molecule has 0 bridgehead atoms. The molecule has 17 heavy (non-hydrogen) atoms. The molecule has 0 fully saturated rings. The van der Waals surface area contributed by atoms with Crippen LogP contribution in [0.4, 0.5) is 4.79 Å². The first kappa shape index (κ1) is 14.3. The van der Waals surface area contributed by atoms with E-state index in [1.54, 1.807) is 13.1 Å². The van der Waals surface area contributed by atoms with Crippen molar-refractivity contribution in [1.82, 2.24) is 4.90 Å². The number of thiophene rings is 1. The molecular formula is C11H16ClNO3S. The van der Waals surface area contributed by atoms with Gasteiger partial charge in [-0.3, -0.25) is 0 Å². The summed E-state index contributed by atoms with van der Waals surface area (Å²) in [7, 11) is 1.68. The van der Waals surface area contributed by atoms with Gasteiger partial charge in [-0.25, -0.2) is 4.79 Å². The summed E-state index contributed by atoms with van der Waals surface area (Å²) in [5.41, 5.74) is 0.900. The molecule has 1 heterocycles. The summed E-state index contributed by atoms with van der Waals surface area (Å²) in [6.07, 6.45) is 1.11.